The number of alkyl halides is 2. The van der Waals surface area contributed by atoms with Gasteiger partial charge in [0.05, 0.1) is 14.2 Å². The lowest BCUT2D eigenvalue weighted by Gasteiger charge is -2.45. The lowest BCUT2D eigenvalue weighted by molar-refractivity contribution is -0.126. The number of fused-ring (bicyclic) bond motifs is 2. The van der Waals surface area contributed by atoms with E-state index in [1.165, 1.54) is 0 Å². The number of thioether (sulfide) groups is 1. The summed E-state index contributed by atoms with van der Waals surface area (Å²) in [6.45, 7) is -0.800. The third-order valence-electron chi connectivity index (χ3n) is 7.94. The predicted molar refractivity (Wildman–Crippen MR) is 165 cm³/mol. The molecule has 4 aromatic carbocycles. The van der Waals surface area contributed by atoms with Crippen LogP contribution in [0.15, 0.2) is 111 Å². The van der Waals surface area contributed by atoms with Crippen LogP contribution in [0.5, 0.6) is 11.5 Å². The average Bonchev–Trinajstić information content (AvgIpc) is 3.02. The number of halogens is 3. The van der Waals surface area contributed by atoms with Crippen molar-refractivity contribution in [1.82, 2.24) is 5.32 Å². The number of rotatable bonds is 6. The van der Waals surface area contributed by atoms with Crippen LogP contribution in [0.1, 0.15) is 28.7 Å². The molecular formula is C33H29BrF2N2O3S. The van der Waals surface area contributed by atoms with E-state index in [2.05, 4.69) is 21.2 Å². The van der Waals surface area contributed by atoms with Gasteiger partial charge in [-0.05, 0) is 65.6 Å². The Hall–Kier alpha value is -3.56. The van der Waals surface area contributed by atoms with Gasteiger partial charge in [-0.15, -0.1) is 11.8 Å². The first kappa shape index (κ1) is 28.6. The van der Waals surface area contributed by atoms with Gasteiger partial charge in [-0.3, -0.25) is 0 Å². The van der Waals surface area contributed by atoms with E-state index in [-0.39, 0.29) is 12.4 Å². The molecular weight excluding hydrogens is 622 g/mol. The van der Waals surface area contributed by atoms with Crippen LogP contribution in [0.2, 0.25) is 0 Å². The van der Waals surface area contributed by atoms with Gasteiger partial charge in [-0.1, -0.05) is 70.5 Å². The van der Waals surface area contributed by atoms with Gasteiger partial charge in [0, 0.05) is 20.7 Å². The first-order chi connectivity index (χ1) is 20.3. The van der Waals surface area contributed by atoms with Crippen molar-refractivity contribution in [3.05, 3.63) is 124 Å². The Kier molecular flexibility index (Phi) is 7.66. The van der Waals surface area contributed by atoms with E-state index in [4.69, 9.17) is 19.2 Å². The maximum Gasteiger partial charge on any atom is 0.310 e. The van der Waals surface area contributed by atoms with Gasteiger partial charge in [0.15, 0.2) is 12.1 Å². The highest BCUT2D eigenvalue weighted by Crippen LogP contribution is 2.53. The molecule has 2 aliphatic heterocycles. The minimum atomic E-state index is -3.22. The molecule has 4 aromatic rings. The number of hydrogen-bond acceptors (Lipinski definition) is 6. The summed E-state index contributed by atoms with van der Waals surface area (Å²) in [4.78, 5) is 5.59. The zero-order valence-electron chi connectivity index (χ0n) is 23.1. The SMILES string of the molecule is COc1ccc(C(NC2=NC3(CCSc4ccc(Br)cc43)C(F)(F)CO2)(c2ccccc2)c2ccc(OC)cc2)cc1. The summed E-state index contributed by atoms with van der Waals surface area (Å²) in [6.07, 6.45) is 0.173. The Morgan fingerprint density at radius 2 is 1.45 bits per heavy atom. The van der Waals surface area contributed by atoms with Crippen LogP contribution in [0.3, 0.4) is 0 Å². The molecule has 1 spiro atoms. The molecule has 216 valence electrons. The summed E-state index contributed by atoms with van der Waals surface area (Å²) < 4.78 is 49.4. The molecule has 0 aromatic heterocycles. The van der Waals surface area contributed by atoms with Crippen molar-refractivity contribution in [3.63, 3.8) is 0 Å². The van der Waals surface area contributed by atoms with Crippen molar-refractivity contribution >= 4 is 33.7 Å². The van der Waals surface area contributed by atoms with Crippen LogP contribution in [0.25, 0.3) is 0 Å². The van der Waals surface area contributed by atoms with Gasteiger partial charge in [0.25, 0.3) is 6.02 Å². The molecule has 0 aliphatic carbocycles. The molecule has 42 heavy (non-hydrogen) atoms. The number of nitrogens with zero attached hydrogens (tertiary/aromatic N) is 1. The highest BCUT2D eigenvalue weighted by molar-refractivity contribution is 9.10. The zero-order valence-corrected chi connectivity index (χ0v) is 25.5. The van der Waals surface area contributed by atoms with E-state index < -0.39 is 23.6 Å². The summed E-state index contributed by atoms with van der Waals surface area (Å²) in [7, 11) is 3.23. The number of hydrogen-bond donors (Lipinski definition) is 1. The maximum atomic E-state index is 16.0. The topological polar surface area (TPSA) is 52.1 Å². The fourth-order valence-electron chi connectivity index (χ4n) is 5.77. The second-order valence-electron chi connectivity index (χ2n) is 10.2. The monoisotopic (exact) mass is 650 g/mol. The molecule has 0 amide bonds. The third-order valence-corrected chi connectivity index (χ3v) is 9.51. The van der Waals surface area contributed by atoms with Crippen LogP contribution in [0, 0.1) is 0 Å². The second-order valence-corrected chi connectivity index (χ2v) is 12.3. The van der Waals surface area contributed by atoms with Crippen molar-refractivity contribution in [3.8, 4) is 11.5 Å². The maximum absolute atomic E-state index is 16.0. The van der Waals surface area contributed by atoms with Crippen LogP contribution >= 0.6 is 27.7 Å². The summed E-state index contributed by atoms with van der Waals surface area (Å²) in [5, 5.41) is 3.54. The Morgan fingerprint density at radius 1 is 0.857 bits per heavy atom. The van der Waals surface area contributed by atoms with Crippen molar-refractivity contribution in [2.75, 3.05) is 26.6 Å². The normalized spacial score (nSPS) is 19.3. The molecule has 0 bridgehead atoms. The summed E-state index contributed by atoms with van der Waals surface area (Å²) in [5.41, 5.74) is 0.232. The number of nitrogens with one attached hydrogen (secondary N) is 1. The molecule has 1 atom stereocenters. The average molecular weight is 652 g/mol. The fourth-order valence-corrected chi connectivity index (χ4v) is 7.29. The fraction of sp³-hybridized carbons (Fsp3) is 0.242. The number of aliphatic imine (C=N–C) groups is 1. The number of methoxy groups -OCH3 is 2. The molecule has 6 rings (SSSR count). The molecule has 1 unspecified atom stereocenters. The Labute approximate surface area is 256 Å². The number of ether oxygens (including phenoxy) is 3. The molecule has 2 aliphatic rings. The molecule has 0 saturated carbocycles. The highest BCUT2D eigenvalue weighted by Gasteiger charge is 2.60. The second kappa shape index (κ2) is 11.3. The van der Waals surface area contributed by atoms with Gasteiger partial charge >= 0.3 is 5.92 Å². The van der Waals surface area contributed by atoms with Gasteiger partial charge < -0.3 is 19.5 Å². The Morgan fingerprint density at radius 3 is 2.05 bits per heavy atom. The molecule has 5 nitrogen and oxygen atoms in total. The van der Waals surface area contributed by atoms with Crippen molar-refractivity contribution in [2.45, 2.75) is 28.3 Å². The summed E-state index contributed by atoms with van der Waals surface area (Å²) >= 11 is 5.06. The lowest BCUT2D eigenvalue weighted by Crippen LogP contribution is -2.57. The van der Waals surface area contributed by atoms with Crippen LogP contribution in [-0.4, -0.2) is 38.5 Å². The van der Waals surface area contributed by atoms with E-state index >= 15 is 8.78 Å². The van der Waals surface area contributed by atoms with Gasteiger partial charge in [0.2, 0.25) is 0 Å². The van der Waals surface area contributed by atoms with Crippen LogP contribution < -0.4 is 14.8 Å². The summed E-state index contributed by atoms with van der Waals surface area (Å²) in [6, 6.07) is 30.7. The molecule has 0 saturated heterocycles. The van der Waals surface area contributed by atoms with Gasteiger partial charge in [-0.2, -0.15) is 8.78 Å². The van der Waals surface area contributed by atoms with Crippen LogP contribution in [0.4, 0.5) is 8.78 Å². The molecule has 9 heteroatoms. The van der Waals surface area contributed by atoms with E-state index in [9.17, 15) is 0 Å². The number of amidine groups is 1. The first-order valence-corrected chi connectivity index (χ1v) is 15.3. The minimum absolute atomic E-state index is 0.0502. The van der Waals surface area contributed by atoms with E-state index in [0.717, 1.165) is 26.1 Å². The molecule has 0 radical (unpaired) electrons. The largest absolute Gasteiger partial charge is 0.497 e. The quantitative estimate of drug-likeness (QED) is 0.216. The molecule has 2 heterocycles. The Balaban J connectivity index is 1.58. The van der Waals surface area contributed by atoms with Crippen molar-refractivity contribution in [2.24, 2.45) is 4.99 Å². The van der Waals surface area contributed by atoms with Crippen molar-refractivity contribution < 1.29 is 23.0 Å². The number of benzene rings is 4. The third kappa shape index (κ3) is 4.82. The standard InChI is InChI=1S/C33H29BrF2N2O3S/c1-39-26-13-8-23(9-14-26)33(22-6-4-3-5-7-22,24-10-15-27(40-2)16-11-24)38-30-37-31(32(35,36)21-41-30)18-19-42-29-17-12-25(34)20-28(29)31/h3-17,20H,18-19,21H2,1-2H3,(H,37,38). The molecule has 1 N–H and O–H groups in total. The Bertz CT molecular complexity index is 1550. The summed E-state index contributed by atoms with van der Waals surface area (Å²) in [5.74, 6) is -1.31. The van der Waals surface area contributed by atoms with E-state index in [1.807, 2.05) is 91.0 Å². The van der Waals surface area contributed by atoms with Gasteiger partial charge in [0.1, 0.15) is 17.0 Å². The van der Waals surface area contributed by atoms with Crippen molar-refractivity contribution in [1.29, 1.82) is 0 Å². The van der Waals surface area contributed by atoms with Crippen LogP contribution in [-0.2, 0) is 15.8 Å². The van der Waals surface area contributed by atoms with E-state index in [0.29, 0.717) is 22.8 Å². The lowest BCUT2D eigenvalue weighted by atomic mass is 9.76. The smallest absolute Gasteiger partial charge is 0.310 e. The minimum Gasteiger partial charge on any atom is -0.497 e. The zero-order chi connectivity index (χ0) is 29.4. The van der Waals surface area contributed by atoms with E-state index in [1.54, 1.807) is 32.0 Å². The predicted octanol–water partition coefficient (Wildman–Crippen LogP) is 7.76. The molecule has 0 fully saturated rings. The highest BCUT2D eigenvalue weighted by atomic mass is 79.9. The first-order valence-electron chi connectivity index (χ1n) is 13.5. The van der Waals surface area contributed by atoms with Gasteiger partial charge in [-0.25, -0.2) is 4.99 Å².